The van der Waals surface area contributed by atoms with Crippen molar-refractivity contribution in [1.29, 1.82) is 0 Å². The van der Waals surface area contributed by atoms with Gasteiger partial charge in [0.2, 0.25) is 0 Å². The summed E-state index contributed by atoms with van der Waals surface area (Å²) in [4.78, 5) is 13.9. The molecule has 4 heteroatoms. The summed E-state index contributed by atoms with van der Waals surface area (Å²) in [6.07, 6.45) is 0. The minimum atomic E-state index is -0.138. The fourth-order valence-corrected chi connectivity index (χ4v) is 2.04. The lowest BCUT2D eigenvalue weighted by Crippen LogP contribution is -2.26. The fourth-order valence-electron chi connectivity index (χ4n) is 1.84. The summed E-state index contributed by atoms with van der Waals surface area (Å²) in [7, 11) is 1.74. The Bertz CT molecular complexity index is 584. The van der Waals surface area contributed by atoms with Gasteiger partial charge in [-0.2, -0.15) is 0 Å². The first-order chi connectivity index (χ1) is 9.08. The predicted octanol–water partition coefficient (Wildman–Crippen LogP) is 3.19. The Balaban J connectivity index is 2.17. The number of carbonyl (C=O) groups is 1. The molecular formula is C15H15ClN2O. The molecule has 2 rings (SSSR count). The molecule has 3 nitrogen and oxygen atoms in total. The van der Waals surface area contributed by atoms with Crippen LogP contribution in [-0.4, -0.2) is 17.9 Å². The van der Waals surface area contributed by atoms with Gasteiger partial charge in [-0.1, -0.05) is 41.9 Å². The highest BCUT2D eigenvalue weighted by Gasteiger charge is 2.15. The summed E-state index contributed by atoms with van der Waals surface area (Å²) in [6.45, 7) is 0.533. The second-order valence-corrected chi connectivity index (χ2v) is 4.79. The van der Waals surface area contributed by atoms with Crippen LogP contribution in [0.5, 0.6) is 0 Å². The highest BCUT2D eigenvalue weighted by Crippen LogP contribution is 2.20. The van der Waals surface area contributed by atoms with Crippen molar-refractivity contribution in [3.63, 3.8) is 0 Å². The van der Waals surface area contributed by atoms with E-state index in [1.165, 1.54) is 0 Å². The quantitative estimate of drug-likeness (QED) is 0.874. The van der Waals surface area contributed by atoms with Crippen LogP contribution in [0.15, 0.2) is 48.5 Å². The van der Waals surface area contributed by atoms with Crippen LogP contribution in [0, 0.1) is 0 Å². The first-order valence-electron chi connectivity index (χ1n) is 5.92. The van der Waals surface area contributed by atoms with Gasteiger partial charge in [-0.3, -0.25) is 4.79 Å². The number of carbonyl (C=O) groups excluding carboxylic acids is 1. The van der Waals surface area contributed by atoms with Crippen molar-refractivity contribution >= 4 is 23.2 Å². The SMILES string of the molecule is CN(Cc1ccccc1)C(=O)c1cc(N)ccc1Cl. The van der Waals surface area contributed by atoms with E-state index in [0.717, 1.165) is 5.56 Å². The van der Waals surface area contributed by atoms with Crippen LogP contribution in [0.3, 0.4) is 0 Å². The van der Waals surface area contributed by atoms with E-state index in [2.05, 4.69) is 0 Å². The third-order valence-corrected chi connectivity index (χ3v) is 3.16. The Hall–Kier alpha value is -2.00. The Kier molecular flexibility index (Phi) is 4.07. The monoisotopic (exact) mass is 274 g/mol. The van der Waals surface area contributed by atoms with Gasteiger partial charge in [0, 0.05) is 19.3 Å². The second kappa shape index (κ2) is 5.76. The zero-order valence-electron chi connectivity index (χ0n) is 10.6. The molecule has 0 aliphatic rings. The van der Waals surface area contributed by atoms with Crippen molar-refractivity contribution in [3.05, 3.63) is 64.7 Å². The number of hydrogen-bond acceptors (Lipinski definition) is 2. The molecule has 0 aromatic heterocycles. The van der Waals surface area contributed by atoms with Crippen molar-refractivity contribution in [2.45, 2.75) is 6.54 Å². The van der Waals surface area contributed by atoms with Gasteiger partial charge in [0.1, 0.15) is 0 Å². The standard InChI is InChI=1S/C15H15ClN2O/c1-18(10-11-5-3-2-4-6-11)15(19)13-9-12(17)7-8-14(13)16/h2-9H,10,17H2,1H3. The fraction of sp³-hybridized carbons (Fsp3) is 0.133. The number of nitrogens with zero attached hydrogens (tertiary/aromatic N) is 1. The topological polar surface area (TPSA) is 46.3 Å². The predicted molar refractivity (Wildman–Crippen MR) is 78.1 cm³/mol. The molecule has 1 amide bonds. The Labute approximate surface area is 117 Å². The van der Waals surface area contributed by atoms with Crippen LogP contribution >= 0.6 is 11.6 Å². The van der Waals surface area contributed by atoms with Crippen molar-refractivity contribution in [3.8, 4) is 0 Å². The van der Waals surface area contributed by atoms with Crippen LogP contribution in [0.1, 0.15) is 15.9 Å². The molecule has 0 atom stereocenters. The molecule has 2 aromatic rings. The summed E-state index contributed by atoms with van der Waals surface area (Å²) in [5.74, 6) is -0.138. The second-order valence-electron chi connectivity index (χ2n) is 4.39. The maximum atomic E-state index is 12.3. The third kappa shape index (κ3) is 3.26. The van der Waals surface area contributed by atoms with Crippen LogP contribution in [-0.2, 0) is 6.54 Å². The van der Waals surface area contributed by atoms with E-state index < -0.39 is 0 Å². The molecule has 0 spiro atoms. The van der Waals surface area contributed by atoms with E-state index in [9.17, 15) is 4.79 Å². The van der Waals surface area contributed by atoms with Gasteiger partial charge >= 0.3 is 0 Å². The largest absolute Gasteiger partial charge is 0.399 e. The maximum Gasteiger partial charge on any atom is 0.255 e. The smallest absolute Gasteiger partial charge is 0.255 e. The van der Waals surface area contributed by atoms with Crippen LogP contribution in [0.2, 0.25) is 5.02 Å². The van der Waals surface area contributed by atoms with E-state index >= 15 is 0 Å². The number of nitrogens with two attached hydrogens (primary N) is 1. The van der Waals surface area contributed by atoms with Crippen molar-refractivity contribution in [2.75, 3.05) is 12.8 Å². The molecule has 0 aliphatic heterocycles. The Morgan fingerprint density at radius 3 is 2.58 bits per heavy atom. The lowest BCUT2D eigenvalue weighted by Gasteiger charge is -2.18. The maximum absolute atomic E-state index is 12.3. The third-order valence-electron chi connectivity index (χ3n) is 2.83. The van der Waals surface area contributed by atoms with Crippen molar-refractivity contribution in [1.82, 2.24) is 4.90 Å². The Morgan fingerprint density at radius 1 is 1.21 bits per heavy atom. The summed E-state index contributed by atoms with van der Waals surface area (Å²) >= 11 is 6.04. The molecule has 0 saturated carbocycles. The number of nitrogen functional groups attached to an aromatic ring is 1. The normalized spacial score (nSPS) is 10.2. The molecule has 19 heavy (non-hydrogen) atoms. The first kappa shape index (κ1) is 13.4. The lowest BCUT2D eigenvalue weighted by molar-refractivity contribution is 0.0785. The molecule has 0 saturated heterocycles. The molecule has 0 unspecified atom stereocenters. The van der Waals surface area contributed by atoms with Gasteiger partial charge in [0.25, 0.3) is 5.91 Å². The number of halogens is 1. The number of hydrogen-bond donors (Lipinski definition) is 1. The number of benzene rings is 2. The van der Waals surface area contributed by atoms with Crippen LogP contribution < -0.4 is 5.73 Å². The summed E-state index contributed by atoms with van der Waals surface area (Å²) in [6, 6.07) is 14.7. The van der Waals surface area contributed by atoms with Gasteiger partial charge in [0.05, 0.1) is 10.6 Å². The number of amides is 1. The molecule has 2 aromatic carbocycles. The Morgan fingerprint density at radius 2 is 1.89 bits per heavy atom. The van der Waals surface area contributed by atoms with Crippen LogP contribution in [0.4, 0.5) is 5.69 Å². The van der Waals surface area contributed by atoms with Gasteiger partial charge in [-0.25, -0.2) is 0 Å². The van der Waals surface area contributed by atoms with Crippen molar-refractivity contribution < 1.29 is 4.79 Å². The summed E-state index contributed by atoms with van der Waals surface area (Å²) in [5.41, 5.74) is 7.72. The van der Waals surface area contributed by atoms with E-state index in [4.69, 9.17) is 17.3 Å². The molecule has 0 aliphatic carbocycles. The van der Waals surface area contributed by atoms with Gasteiger partial charge in [-0.15, -0.1) is 0 Å². The number of anilines is 1. The minimum absolute atomic E-state index is 0.138. The average molecular weight is 275 g/mol. The average Bonchev–Trinajstić information content (AvgIpc) is 2.42. The molecule has 0 radical (unpaired) electrons. The minimum Gasteiger partial charge on any atom is -0.399 e. The van der Waals surface area contributed by atoms with E-state index in [1.807, 2.05) is 30.3 Å². The molecule has 0 bridgehead atoms. The van der Waals surface area contributed by atoms with Crippen LogP contribution in [0.25, 0.3) is 0 Å². The molecule has 0 heterocycles. The van der Waals surface area contributed by atoms with Gasteiger partial charge in [0.15, 0.2) is 0 Å². The van der Waals surface area contributed by atoms with E-state index in [0.29, 0.717) is 22.8 Å². The molecule has 98 valence electrons. The molecular weight excluding hydrogens is 260 g/mol. The van der Waals surface area contributed by atoms with Gasteiger partial charge < -0.3 is 10.6 Å². The highest BCUT2D eigenvalue weighted by atomic mass is 35.5. The zero-order chi connectivity index (χ0) is 13.8. The molecule has 2 N–H and O–H groups in total. The van der Waals surface area contributed by atoms with E-state index in [1.54, 1.807) is 30.1 Å². The summed E-state index contributed by atoms with van der Waals surface area (Å²) < 4.78 is 0. The van der Waals surface area contributed by atoms with E-state index in [-0.39, 0.29) is 5.91 Å². The summed E-state index contributed by atoms with van der Waals surface area (Å²) in [5, 5.41) is 0.416. The van der Waals surface area contributed by atoms with Gasteiger partial charge in [-0.05, 0) is 23.8 Å². The van der Waals surface area contributed by atoms with Crippen molar-refractivity contribution in [2.24, 2.45) is 0 Å². The lowest BCUT2D eigenvalue weighted by atomic mass is 10.1. The number of rotatable bonds is 3. The molecule has 0 fully saturated rings. The first-order valence-corrected chi connectivity index (χ1v) is 6.30. The highest BCUT2D eigenvalue weighted by molar-refractivity contribution is 6.33. The zero-order valence-corrected chi connectivity index (χ0v) is 11.4.